The first kappa shape index (κ1) is 10.2. The maximum atomic E-state index is 8.59. The molecule has 0 bridgehead atoms. The molecule has 10 heavy (non-hydrogen) atoms. The molecule has 0 aliphatic carbocycles. The number of rotatable bonds is 2. The lowest BCUT2D eigenvalue weighted by Gasteiger charge is -2.14. The molecule has 62 valence electrons. The van der Waals surface area contributed by atoms with Crippen LogP contribution >= 0.6 is 12.4 Å². The summed E-state index contributed by atoms with van der Waals surface area (Å²) in [5.74, 6) is 0. The van der Waals surface area contributed by atoms with Gasteiger partial charge in [-0.1, -0.05) is 0 Å². The van der Waals surface area contributed by atoms with E-state index >= 15 is 0 Å². The fourth-order valence-electron chi connectivity index (χ4n) is 1.06. The van der Waals surface area contributed by atoms with Gasteiger partial charge in [-0.3, -0.25) is 0 Å². The fraction of sp³-hybridized carbons (Fsp3) is 1.00. The number of hydrogen-bond acceptors (Lipinski definition) is 3. The summed E-state index contributed by atoms with van der Waals surface area (Å²) < 4.78 is 5.22. The molecule has 1 rings (SSSR count). The molecule has 0 radical (unpaired) electrons. The van der Waals surface area contributed by atoms with Gasteiger partial charge >= 0.3 is 0 Å². The van der Waals surface area contributed by atoms with Gasteiger partial charge in [0.1, 0.15) is 0 Å². The number of hydrogen-bond donors (Lipinski definition) is 2. The van der Waals surface area contributed by atoms with E-state index in [1.54, 1.807) is 0 Å². The van der Waals surface area contributed by atoms with Crippen molar-refractivity contribution < 1.29 is 9.84 Å². The Morgan fingerprint density at radius 3 is 2.80 bits per heavy atom. The molecule has 1 heterocycles. The highest BCUT2D eigenvalue weighted by molar-refractivity contribution is 5.85. The lowest BCUT2D eigenvalue weighted by molar-refractivity contribution is 0.0693. The van der Waals surface area contributed by atoms with E-state index in [1.165, 1.54) is 0 Å². The predicted octanol–water partition coefficient (Wildman–Crippen LogP) is -0.0932. The molecule has 3 nitrogen and oxygen atoms in total. The molecule has 0 amide bonds. The summed E-state index contributed by atoms with van der Waals surface area (Å²) >= 11 is 0. The standard InChI is InChI=1S/C6H13NO2.ClH/c7-5(4-8)6-2-1-3-9-6;/h5-6,8H,1-4,7H2;1H/t5-,6?;/m0./s1. The Balaban J connectivity index is 0.000000810. The van der Waals surface area contributed by atoms with E-state index in [9.17, 15) is 0 Å². The van der Waals surface area contributed by atoms with Crippen molar-refractivity contribution in [1.82, 2.24) is 0 Å². The normalized spacial score (nSPS) is 27.6. The Hall–Kier alpha value is 0.170. The molecule has 0 saturated carbocycles. The predicted molar refractivity (Wildman–Crippen MR) is 41.3 cm³/mol. The number of halogens is 1. The van der Waals surface area contributed by atoms with Crippen LogP contribution in [0.15, 0.2) is 0 Å². The molecule has 0 aromatic rings. The van der Waals surface area contributed by atoms with Crippen molar-refractivity contribution in [2.24, 2.45) is 5.73 Å². The fourth-order valence-corrected chi connectivity index (χ4v) is 1.06. The number of aliphatic hydroxyl groups excluding tert-OH is 1. The number of aliphatic hydroxyl groups is 1. The van der Waals surface area contributed by atoms with Crippen LogP contribution in [0.25, 0.3) is 0 Å². The third-order valence-corrected chi connectivity index (χ3v) is 1.65. The molecule has 1 fully saturated rings. The van der Waals surface area contributed by atoms with Gasteiger partial charge in [-0.05, 0) is 12.8 Å². The summed E-state index contributed by atoms with van der Waals surface area (Å²) in [6, 6.07) is -0.174. The van der Waals surface area contributed by atoms with Gasteiger partial charge in [0.2, 0.25) is 0 Å². The second-order valence-corrected chi connectivity index (χ2v) is 2.40. The van der Waals surface area contributed by atoms with E-state index in [2.05, 4.69) is 0 Å². The Kier molecular flexibility index (Phi) is 4.99. The summed E-state index contributed by atoms with van der Waals surface area (Å²) in [4.78, 5) is 0. The quantitative estimate of drug-likeness (QED) is 0.605. The van der Waals surface area contributed by atoms with Crippen molar-refractivity contribution in [3.63, 3.8) is 0 Å². The van der Waals surface area contributed by atoms with Gasteiger partial charge < -0.3 is 15.6 Å². The van der Waals surface area contributed by atoms with Crippen LogP contribution in [-0.4, -0.2) is 30.5 Å². The molecule has 1 aliphatic heterocycles. The summed E-state index contributed by atoms with van der Waals surface area (Å²) in [6.07, 6.45) is 2.19. The van der Waals surface area contributed by atoms with Crippen LogP contribution in [0.2, 0.25) is 0 Å². The van der Waals surface area contributed by atoms with Gasteiger partial charge in [-0.25, -0.2) is 0 Å². The van der Waals surface area contributed by atoms with E-state index in [-0.39, 0.29) is 31.2 Å². The van der Waals surface area contributed by atoms with E-state index in [0.717, 1.165) is 19.4 Å². The minimum atomic E-state index is -0.174. The number of ether oxygens (including phenoxy) is 1. The Morgan fingerprint density at radius 1 is 1.70 bits per heavy atom. The maximum absolute atomic E-state index is 8.59. The molecule has 0 spiro atoms. The monoisotopic (exact) mass is 167 g/mol. The van der Waals surface area contributed by atoms with Crippen LogP contribution in [0.4, 0.5) is 0 Å². The molecular formula is C6H14ClNO2. The van der Waals surface area contributed by atoms with Gasteiger partial charge in [0.15, 0.2) is 0 Å². The molecular weight excluding hydrogens is 154 g/mol. The van der Waals surface area contributed by atoms with Gasteiger partial charge in [-0.2, -0.15) is 0 Å². The third-order valence-electron chi connectivity index (χ3n) is 1.65. The van der Waals surface area contributed by atoms with Crippen LogP contribution in [0, 0.1) is 0 Å². The molecule has 0 aromatic heterocycles. The summed E-state index contributed by atoms with van der Waals surface area (Å²) in [5, 5.41) is 8.59. The lowest BCUT2D eigenvalue weighted by Crippen LogP contribution is -2.37. The second-order valence-electron chi connectivity index (χ2n) is 2.40. The lowest BCUT2D eigenvalue weighted by atomic mass is 10.1. The van der Waals surface area contributed by atoms with E-state index in [0.29, 0.717) is 0 Å². The first-order valence-corrected chi connectivity index (χ1v) is 3.32. The highest BCUT2D eigenvalue weighted by Gasteiger charge is 2.21. The van der Waals surface area contributed by atoms with Crippen molar-refractivity contribution in [2.45, 2.75) is 25.0 Å². The Bertz CT molecular complexity index is 85.8. The van der Waals surface area contributed by atoms with Crippen LogP contribution in [-0.2, 0) is 4.74 Å². The van der Waals surface area contributed by atoms with Crippen LogP contribution in [0.5, 0.6) is 0 Å². The topological polar surface area (TPSA) is 55.5 Å². The third kappa shape index (κ3) is 2.42. The Morgan fingerprint density at radius 2 is 2.40 bits per heavy atom. The first-order chi connectivity index (χ1) is 4.34. The van der Waals surface area contributed by atoms with Crippen LogP contribution in [0.3, 0.4) is 0 Å². The van der Waals surface area contributed by atoms with Crippen molar-refractivity contribution in [2.75, 3.05) is 13.2 Å². The van der Waals surface area contributed by atoms with E-state index in [4.69, 9.17) is 15.6 Å². The molecule has 4 heteroatoms. The Labute approximate surface area is 67.0 Å². The molecule has 2 atom stereocenters. The highest BCUT2D eigenvalue weighted by Crippen LogP contribution is 2.13. The zero-order valence-corrected chi connectivity index (χ0v) is 6.64. The molecule has 1 aliphatic rings. The molecule has 3 N–H and O–H groups in total. The van der Waals surface area contributed by atoms with Gasteiger partial charge in [0, 0.05) is 6.61 Å². The van der Waals surface area contributed by atoms with Crippen molar-refractivity contribution in [3.05, 3.63) is 0 Å². The first-order valence-electron chi connectivity index (χ1n) is 3.32. The largest absolute Gasteiger partial charge is 0.395 e. The van der Waals surface area contributed by atoms with Gasteiger partial charge in [0.25, 0.3) is 0 Å². The number of nitrogens with two attached hydrogens (primary N) is 1. The second kappa shape index (κ2) is 4.91. The zero-order chi connectivity index (χ0) is 6.69. The van der Waals surface area contributed by atoms with Gasteiger partial charge in [-0.15, -0.1) is 12.4 Å². The van der Waals surface area contributed by atoms with Crippen LogP contribution in [0.1, 0.15) is 12.8 Å². The maximum Gasteiger partial charge on any atom is 0.0749 e. The minimum absolute atomic E-state index is 0. The van der Waals surface area contributed by atoms with Crippen molar-refractivity contribution in [3.8, 4) is 0 Å². The van der Waals surface area contributed by atoms with Gasteiger partial charge in [0.05, 0.1) is 18.8 Å². The van der Waals surface area contributed by atoms with Crippen LogP contribution < -0.4 is 5.73 Å². The minimum Gasteiger partial charge on any atom is -0.395 e. The zero-order valence-electron chi connectivity index (χ0n) is 5.82. The van der Waals surface area contributed by atoms with Crippen molar-refractivity contribution in [1.29, 1.82) is 0 Å². The molecule has 0 aromatic carbocycles. The average Bonchev–Trinajstić information content (AvgIpc) is 2.37. The molecule has 1 unspecified atom stereocenters. The SMILES string of the molecule is Cl.N[C@@H](CO)C1CCCO1. The van der Waals surface area contributed by atoms with E-state index in [1.807, 2.05) is 0 Å². The summed E-state index contributed by atoms with van der Waals surface area (Å²) in [5.41, 5.74) is 5.50. The van der Waals surface area contributed by atoms with E-state index < -0.39 is 0 Å². The summed E-state index contributed by atoms with van der Waals surface area (Å²) in [7, 11) is 0. The van der Waals surface area contributed by atoms with Crippen molar-refractivity contribution >= 4 is 12.4 Å². The highest BCUT2D eigenvalue weighted by atomic mass is 35.5. The molecule has 1 saturated heterocycles. The smallest absolute Gasteiger partial charge is 0.0749 e. The summed E-state index contributed by atoms with van der Waals surface area (Å²) in [6.45, 7) is 0.836. The average molecular weight is 168 g/mol.